The number of nitrogens with zero attached hydrogens (tertiary/aromatic N) is 1. The van der Waals surface area contributed by atoms with Gasteiger partial charge in [0.05, 0.1) is 5.92 Å². The molecule has 1 saturated carbocycles. The van der Waals surface area contributed by atoms with Crippen molar-refractivity contribution < 1.29 is 4.79 Å². The minimum absolute atomic E-state index is 0.0247. The lowest BCUT2D eigenvalue weighted by Crippen LogP contribution is -2.43. The van der Waals surface area contributed by atoms with Crippen LogP contribution in [0.3, 0.4) is 0 Å². The third-order valence-corrected chi connectivity index (χ3v) is 4.79. The van der Waals surface area contributed by atoms with Crippen molar-refractivity contribution in [3.63, 3.8) is 0 Å². The van der Waals surface area contributed by atoms with Gasteiger partial charge in [-0.25, -0.2) is 0 Å². The number of hydrogen-bond acceptors (Lipinski definition) is 2. The summed E-state index contributed by atoms with van der Waals surface area (Å²) < 4.78 is 0. The average Bonchev–Trinajstić information content (AvgIpc) is 3.38. The number of carbonyl (C=O) groups excluding carboxylic acids is 1. The third kappa shape index (κ3) is 3.65. The zero-order chi connectivity index (χ0) is 14.7. The first-order valence-corrected chi connectivity index (χ1v) is 8.32. The van der Waals surface area contributed by atoms with Gasteiger partial charge in [0.2, 0.25) is 5.91 Å². The van der Waals surface area contributed by atoms with Crippen LogP contribution in [0.15, 0.2) is 30.3 Å². The Morgan fingerprint density at radius 1 is 1.29 bits per heavy atom. The van der Waals surface area contributed by atoms with Crippen molar-refractivity contribution in [3.05, 3.63) is 35.9 Å². The largest absolute Gasteiger partial charge is 0.339 e. The van der Waals surface area contributed by atoms with Crippen LogP contribution < -0.4 is 5.32 Å². The number of nitrogens with one attached hydrogen (secondary N) is 1. The van der Waals surface area contributed by atoms with Gasteiger partial charge in [-0.3, -0.25) is 4.79 Å². The van der Waals surface area contributed by atoms with Gasteiger partial charge >= 0.3 is 0 Å². The maximum atomic E-state index is 12.9. The molecule has 2 atom stereocenters. The molecule has 1 aliphatic heterocycles. The molecule has 0 radical (unpaired) electrons. The van der Waals surface area contributed by atoms with Crippen molar-refractivity contribution in [2.24, 2.45) is 5.92 Å². The molecule has 3 rings (SSSR count). The molecule has 114 valence electrons. The van der Waals surface area contributed by atoms with Crippen molar-refractivity contribution >= 4 is 5.91 Å². The van der Waals surface area contributed by atoms with Crippen LogP contribution in [0.2, 0.25) is 0 Å². The molecule has 0 spiro atoms. The predicted molar refractivity (Wildman–Crippen MR) is 85.2 cm³/mol. The second-order valence-corrected chi connectivity index (χ2v) is 6.57. The molecule has 3 heteroatoms. The Morgan fingerprint density at radius 3 is 2.67 bits per heavy atom. The summed E-state index contributed by atoms with van der Waals surface area (Å²) in [6, 6.07) is 10.7. The molecular formula is C18H26N2O. The number of hydrogen-bond donors (Lipinski definition) is 1. The van der Waals surface area contributed by atoms with E-state index in [1.54, 1.807) is 0 Å². The summed E-state index contributed by atoms with van der Waals surface area (Å²) in [6.45, 7) is 5.18. The Hall–Kier alpha value is -1.35. The lowest BCUT2D eigenvalue weighted by molar-refractivity contribution is -0.133. The third-order valence-electron chi connectivity index (χ3n) is 4.79. The topological polar surface area (TPSA) is 32.3 Å². The highest BCUT2D eigenvalue weighted by molar-refractivity contribution is 5.83. The number of piperidine rings is 1. The van der Waals surface area contributed by atoms with Gasteiger partial charge in [0.15, 0.2) is 0 Å². The van der Waals surface area contributed by atoms with Crippen LogP contribution in [0.25, 0.3) is 0 Å². The first-order chi connectivity index (χ1) is 10.3. The van der Waals surface area contributed by atoms with Crippen molar-refractivity contribution in [1.29, 1.82) is 0 Å². The fourth-order valence-corrected chi connectivity index (χ4v) is 3.30. The fourth-order valence-electron chi connectivity index (χ4n) is 3.30. The highest BCUT2D eigenvalue weighted by atomic mass is 16.2. The molecule has 2 unspecified atom stereocenters. The van der Waals surface area contributed by atoms with Gasteiger partial charge in [-0.15, -0.1) is 0 Å². The van der Waals surface area contributed by atoms with Gasteiger partial charge in [0.25, 0.3) is 0 Å². The van der Waals surface area contributed by atoms with Crippen molar-refractivity contribution in [3.8, 4) is 0 Å². The van der Waals surface area contributed by atoms with E-state index < -0.39 is 0 Å². The van der Waals surface area contributed by atoms with Gasteiger partial charge < -0.3 is 10.2 Å². The Kier molecular flexibility index (Phi) is 4.59. The molecule has 1 aliphatic carbocycles. The minimum Gasteiger partial charge on any atom is -0.339 e. The highest BCUT2D eigenvalue weighted by Crippen LogP contribution is 2.31. The predicted octanol–water partition coefficient (Wildman–Crippen LogP) is 2.78. The Morgan fingerprint density at radius 2 is 2.05 bits per heavy atom. The van der Waals surface area contributed by atoms with Crippen LogP contribution in [0.5, 0.6) is 0 Å². The molecule has 21 heavy (non-hydrogen) atoms. The normalized spacial score (nSPS) is 23.6. The zero-order valence-corrected chi connectivity index (χ0v) is 12.9. The molecule has 1 aromatic rings. The summed E-state index contributed by atoms with van der Waals surface area (Å²) in [4.78, 5) is 15.1. The monoisotopic (exact) mass is 286 g/mol. The van der Waals surface area contributed by atoms with E-state index in [1.807, 2.05) is 25.1 Å². The van der Waals surface area contributed by atoms with Gasteiger partial charge in [-0.05, 0) is 57.2 Å². The van der Waals surface area contributed by atoms with E-state index in [9.17, 15) is 4.79 Å². The van der Waals surface area contributed by atoms with Gasteiger partial charge in [0, 0.05) is 12.6 Å². The fraction of sp³-hybridized carbons (Fsp3) is 0.611. The molecule has 1 heterocycles. The summed E-state index contributed by atoms with van der Waals surface area (Å²) in [7, 11) is 0. The quantitative estimate of drug-likeness (QED) is 0.902. The van der Waals surface area contributed by atoms with E-state index in [-0.39, 0.29) is 5.92 Å². The SMILES string of the molecule is CC(C(=O)N(CC1CCCNC1)C1CC1)c1ccccc1. The van der Waals surface area contributed by atoms with Gasteiger partial charge in [0.1, 0.15) is 0 Å². The summed E-state index contributed by atoms with van der Waals surface area (Å²) in [5, 5.41) is 3.46. The highest BCUT2D eigenvalue weighted by Gasteiger charge is 2.36. The van der Waals surface area contributed by atoms with Crippen LogP contribution in [0.1, 0.15) is 44.1 Å². The molecule has 2 aliphatic rings. The molecule has 3 nitrogen and oxygen atoms in total. The number of benzene rings is 1. The lowest BCUT2D eigenvalue weighted by atomic mass is 9.96. The first-order valence-electron chi connectivity index (χ1n) is 8.32. The summed E-state index contributed by atoms with van der Waals surface area (Å²) in [5.74, 6) is 0.920. The average molecular weight is 286 g/mol. The van der Waals surface area contributed by atoms with Crippen LogP contribution in [0, 0.1) is 5.92 Å². The first kappa shape index (κ1) is 14.6. The Bertz CT molecular complexity index is 463. The number of rotatable bonds is 5. The smallest absolute Gasteiger partial charge is 0.230 e. The molecular weight excluding hydrogens is 260 g/mol. The zero-order valence-electron chi connectivity index (χ0n) is 12.9. The second-order valence-electron chi connectivity index (χ2n) is 6.57. The van der Waals surface area contributed by atoms with E-state index >= 15 is 0 Å². The maximum Gasteiger partial charge on any atom is 0.230 e. The van der Waals surface area contributed by atoms with Crippen LogP contribution in [0.4, 0.5) is 0 Å². The molecule has 1 aromatic carbocycles. The second kappa shape index (κ2) is 6.61. The standard InChI is InChI=1S/C18H26N2O/c1-14(16-7-3-2-4-8-16)18(21)20(17-9-10-17)13-15-6-5-11-19-12-15/h2-4,7-8,14-15,17,19H,5-6,9-13H2,1H3. The maximum absolute atomic E-state index is 12.9. The summed E-state index contributed by atoms with van der Waals surface area (Å²) in [5.41, 5.74) is 1.13. The Balaban J connectivity index is 1.66. The molecule has 1 saturated heterocycles. The van der Waals surface area contributed by atoms with E-state index in [0.717, 1.165) is 25.2 Å². The van der Waals surface area contributed by atoms with Crippen molar-refractivity contribution in [1.82, 2.24) is 10.2 Å². The minimum atomic E-state index is -0.0247. The van der Waals surface area contributed by atoms with E-state index in [4.69, 9.17) is 0 Å². The van der Waals surface area contributed by atoms with Gasteiger partial charge in [-0.1, -0.05) is 30.3 Å². The molecule has 0 bridgehead atoms. The van der Waals surface area contributed by atoms with Crippen LogP contribution >= 0.6 is 0 Å². The van der Waals surface area contributed by atoms with Crippen LogP contribution in [-0.2, 0) is 4.79 Å². The summed E-state index contributed by atoms with van der Waals surface area (Å²) in [6.07, 6.45) is 4.87. The van der Waals surface area contributed by atoms with Crippen molar-refractivity contribution in [2.45, 2.75) is 44.6 Å². The number of carbonyl (C=O) groups is 1. The Labute approximate surface area is 127 Å². The van der Waals surface area contributed by atoms with E-state index in [2.05, 4.69) is 22.3 Å². The van der Waals surface area contributed by atoms with Gasteiger partial charge in [-0.2, -0.15) is 0 Å². The molecule has 1 amide bonds. The lowest BCUT2D eigenvalue weighted by Gasteiger charge is -2.32. The van der Waals surface area contributed by atoms with E-state index in [0.29, 0.717) is 17.9 Å². The molecule has 1 N–H and O–H groups in total. The van der Waals surface area contributed by atoms with Crippen molar-refractivity contribution in [2.75, 3.05) is 19.6 Å². The van der Waals surface area contributed by atoms with E-state index in [1.165, 1.54) is 25.7 Å². The molecule has 2 fully saturated rings. The number of amides is 1. The molecule has 0 aromatic heterocycles. The van der Waals surface area contributed by atoms with Crippen LogP contribution in [-0.4, -0.2) is 36.5 Å². The summed E-state index contributed by atoms with van der Waals surface area (Å²) >= 11 is 0.